The molecule has 0 saturated heterocycles. The Morgan fingerprint density at radius 2 is 0.500 bits per heavy atom. The summed E-state index contributed by atoms with van der Waals surface area (Å²) in [6.45, 7) is 6.44. The van der Waals surface area contributed by atoms with Crippen LogP contribution in [-0.4, -0.2) is 37.2 Å². The molecule has 0 rings (SSSR count). The molecule has 0 aliphatic carbocycles. The van der Waals surface area contributed by atoms with Gasteiger partial charge in [0.15, 0.2) is 6.10 Å². The Morgan fingerprint density at radius 3 is 0.825 bits per heavy atom. The summed E-state index contributed by atoms with van der Waals surface area (Å²) in [5.41, 5.74) is 0. The first-order valence-electron chi connectivity index (χ1n) is 32.8. The highest BCUT2D eigenvalue weighted by Crippen LogP contribution is 2.14. The van der Waals surface area contributed by atoms with Gasteiger partial charge in [-0.15, -0.1) is 0 Å². The number of carbonyl (C=O) groups is 3. The van der Waals surface area contributed by atoms with E-state index in [0.717, 1.165) is 135 Å². The Hall–Kier alpha value is -4.71. The molecule has 0 aromatic carbocycles. The Labute approximate surface area is 493 Å². The molecule has 1 unspecified atom stereocenters. The van der Waals surface area contributed by atoms with Crippen molar-refractivity contribution in [3.05, 3.63) is 146 Å². The second-order valence-corrected chi connectivity index (χ2v) is 21.3. The molecule has 6 nitrogen and oxygen atoms in total. The van der Waals surface area contributed by atoms with Crippen molar-refractivity contribution >= 4 is 17.9 Å². The minimum Gasteiger partial charge on any atom is -0.462 e. The van der Waals surface area contributed by atoms with Crippen LogP contribution in [0.25, 0.3) is 0 Å². The third-order valence-electron chi connectivity index (χ3n) is 13.5. The quantitative estimate of drug-likeness (QED) is 0.0261. The van der Waals surface area contributed by atoms with Gasteiger partial charge in [-0.05, 0) is 141 Å². The second-order valence-electron chi connectivity index (χ2n) is 21.3. The molecule has 0 bridgehead atoms. The summed E-state index contributed by atoms with van der Waals surface area (Å²) in [6.07, 6.45) is 95.6. The van der Waals surface area contributed by atoms with Crippen LogP contribution in [0.1, 0.15) is 284 Å². The molecule has 0 amide bonds. The lowest BCUT2D eigenvalue weighted by molar-refractivity contribution is -0.167. The summed E-state index contributed by atoms with van der Waals surface area (Å²) in [5, 5.41) is 0. The molecule has 0 heterocycles. The van der Waals surface area contributed by atoms with Crippen molar-refractivity contribution in [3.8, 4) is 0 Å². The van der Waals surface area contributed by atoms with E-state index >= 15 is 0 Å². The van der Waals surface area contributed by atoms with E-state index in [1.807, 2.05) is 0 Å². The van der Waals surface area contributed by atoms with Gasteiger partial charge in [-0.3, -0.25) is 14.4 Å². The van der Waals surface area contributed by atoms with E-state index in [2.05, 4.69) is 167 Å². The molecule has 0 radical (unpaired) electrons. The first-order valence-corrected chi connectivity index (χ1v) is 32.8. The maximum atomic E-state index is 12.9. The van der Waals surface area contributed by atoms with Gasteiger partial charge in [-0.2, -0.15) is 0 Å². The molecule has 0 aliphatic heterocycles. The van der Waals surface area contributed by atoms with Crippen molar-refractivity contribution in [1.82, 2.24) is 0 Å². The zero-order valence-electron chi connectivity index (χ0n) is 51.8. The number of hydrogen-bond acceptors (Lipinski definition) is 6. The zero-order valence-corrected chi connectivity index (χ0v) is 51.8. The van der Waals surface area contributed by atoms with E-state index < -0.39 is 6.10 Å². The summed E-state index contributed by atoms with van der Waals surface area (Å²) in [7, 11) is 0. The molecule has 0 spiro atoms. The van der Waals surface area contributed by atoms with E-state index in [0.29, 0.717) is 19.3 Å². The van der Waals surface area contributed by atoms with Gasteiger partial charge in [0.2, 0.25) is 0 Å². The van der Waals surface area contributed by atoms with E-state index in [1.165, 1.54) is 103 Å². The normalized spacial score (nSPS) is 13.1. The molecule has 0 aromatic rings. The summed E-state index contributed by atoms with van der Waals surface area (Å²) in [6, 6.07) is 0. The van der Waals surface area contributed by atoms with Gasteiger partial charge < -0.3 is 14.2 Å². The van der Waals surface area contributed by atoms with Crippen molar-refractivity contribution in [2.45, 2.75) is 290 Å². The number of allylic oxidation sites excluding steroid dienone is 24. The number of unbranched alkanes of at least 4 members (excludes halogenated alkanes) is 23. The monoisotopic (exact) mass is 1100 g/mol. The molecule has 1 atom stereocenters. The smallest absolute Gasteiger partial charge is 0.306 e. The minimum atomic E-state index is -0.820. The van der Waals surface area contributed by atoms with Crippen LogP contribution in [0, 0.1) is 0 Å². The fraction of sp³-hybridized carbons (Fsp3) is 0.635. The average Bonchev–Trinajstić information content (AvgIpc) is 3.46. The fourth-order valence-corrected chi connectivity index (χ4v) is 8.65. The van der Waals surface area contributed by atoms with E-state index in [-0.39, 0.29) is 37.5 Å². The molecule has 80 heavy (non-hydrogen) atoms. The van der Waals surface area contributed by atoms with Gasteiger partial charge in [-0.1, -0.05) is 269 Å². The van der Waals surface area contributed by atoms with Crippen LogP contribution in [0.4, 0.5) is 0 Å². The zero-order chi connectivity index (χ0) is 57.8. The highest BCUT2D eigenvalue weighted by Gasteiger charge is 2.19. The summed E-state index contributed by atoms with van der Waals surface area (Å²) < 4.78 is 16.9. The number of ether oxygens (including phenoxy) is 3. The van der Waals surface area contributed by atoms with E-state index in [4.69, 9.17) is 14.2 Å². The fourth-order valence-electron chi connectivity index (χ4n) is 8.65. The SMILES string of the molecule is CC/C=C\C/C=C\C/C=C\C/C=C\C/C=C\C/C=C\C/C=C\CCCC(=O)OCC(COC(=O)CCCCCCC/C=C\C/C=C\CCCCCC)OC(=O)CCCCCCCCCC/C=C\C/C=C\C/C=C\CCCCCCC. The number of carbonyl (C=O) groups excluding carboxylic acids is 3. The molecule has 0 saturated carbocycles. The van der Waals surface area contributed by atoms with Crippen molar-refractivity contribution in [2.24, 2.45) is 0 Å². The molecule has 0 fully saturated rings. The molecular weight excluding hydrogens is 985 g/mol. The van der Waals surface area contributed by atoms with Crippen molar-refractivity contribution < 1.29 is 28.6 Å². The van der Waals surface area contributed by atoms with Gasteiger partial charge >= 0.3 is 17.9 Å². The van der Waals surface area contributed by atoms with Crippen LogP contribution < -0.4 is 0 Å². The molecule has 0 aromatic heterocycles. The lowest BCUT2D eigenvalue weighted by Gasteiger charge is -2.18. The topological polar surface area (TPSA) is 78.9 Å². The minimum absolute atomic E-state index is 0.111. The van der Waals surface area contributed by atoms with Gasteiger partial charge in [0, 0.05) is 19.3 Å². The predicted octanol–water partition coefficient (Wildman–Crippen LogP) is 22.7. The van der Waals surface area contributed by atoms with Crippen LogP contribution in [0.3, 0.4) is 0 Å². The van der Waals surface area contributed by atoms with Crippen LogP contribution in [0.5, 0.6) is 0 Å². The van der Waals surface area contributed by atoms with Crippen LogP contribution in [0.2, 0.25) is 0 Å². The molecule has 0 N–H and O–H groups in total. The molecular formula is C74H120O6. The lowest BCUT2D eigenvalue weighted by atomic mass is 10.1. The van der Waals surface area contributed by atoms with Crippen molar-refractivity contribution in [3.63, 3.8) is 0 Å². The summed E-state index contributed by atoms with van der Waals surface area (Å²) >= 11 is 0. The van der Waals surface area contributed by atoms with Gasteiger partial charge in [0.25, 0.3) is 0 Å². The Balaban J connectivity index is 4.53. The lowest BCUT2D eigenvalue weighted by Crippen LogP contribution is -2.30. The Kier molecular flexibility index (Phi) is 62.9. The van der Waals surface area contributed by atoms with E-state index in [9.17, 15) is 14.4 Å². The third kappa shape index (κ3) is 64.1. The van der Waals surface area contributed by atoms with Crippen LogP contribution in [-0.2, 0) is 28.6 Å². The second kappa shape index (κ2) is 66.8. The molecule has 0 aliphatic rings. The predicted molar refractivity (Wildman–Crippen MR) is 348 cm³/mol. The van der Waals surface area contributed by atoms with Gasteiger partial charge in [0.05, 0.1) is 0 Å². The van der Waals surface area contributed by atoms with Crippen LogP contribution >= 0.6 is 0 Å². The largest absolute Gasteiger partial charge is 0.462 e. The third-order valence-corrected chi connectivity index (χ3v) is 13.5. The van der Waals surface area contributed by atoms with Gasteiger partial charge in [-0.25, -0.2) is 0 Å². The first-order chi connectivity index (χ1) is 39.5. The number of hydrogen-bond donors (Lipinski definition) is 0. The average molecular weight is 1110 g/mol. The highest BCUT2D eigenvalue weighted by molar-refractivity contribution is 5.71. The maximum Gasteiger partial charge on any atom is 0.306 e. The molecule has 452 valence electrons. The molecule has 6 heteroatoms. The standard InChI is InChI=1S/C74H120O6/c1-4-7-10-13-16-19-22-25-28-31-33-35-37-39-41-43-46-49-52-55-58-61-64-67-73(76)79-70-71(69-78-72(75)66-63-60-57-54-51-48-45-30-27-24-21-18-15-12-9-6-3)80-74(77)68-65-62-59-56-53-50-47-44-42-40-38-36-34-32-29-26-23-20-17-14-11-8-5-2/h7,10,16,19,21,23-26,28,30,32-35,38-41,45-46,49,55,58,71H,4-6,8-9,11-15,17-18,20,22,27,29,31,36-37,42-44,47-48,50-54,56-57,59-70H2,1-3H3/b10-7-,19-16-,24-21-,26-23-,28-25-,34-32-,35-33-,40-38-,41-39-,45-30-,49-46-,58-55-. The number of rotatable bonds is 58. The van der Waals surface area contributed by atoms with Gasteiger partial charge in [0.1, 0.15) is 13.2 Å². The Bertz CT molecular complexity index is 1750. The Morgan fingerprint density at radius 1 is 0.263 bits per heavy atom. The summed E-state index contributed by atoms with van der Waals surface area (Å²) in [5.74, 6) is -0.992. The number of esters is 3. The van der Waals surface area contributed by atoms with Crippen molar-refractivity contribution in [1.29, 1.82) is 0 Å². The van der Waals surface area contributed by atoms with Crippen LogP contribution in [0.15, 0.2) is 146 Å². The first kappa shape index (κ1) is 75.3. The summed E-state index contributed by atoms with van der Waals surface area (Å²) in [4.78, 5) is 38.4. The van der Waals surface area contributed by atoms with E-state index in [1.54, 1.807) is 0 Å². The highest BCUT2D eigenvalue weighted by atomic mass is 16.6. The van der Waals surface area contributed by atoms with Crippen molar-refractivity contribution in [2.75, 3.05) is 13.2 Å². The maximum absolute atomic E-state index is 12.9.